The number of hydrogen-bond acceptors (Lipinski definition) is 3. The highest BCUT2D eigenvalue weighted by atomic mass is 16.5. The Bertz CT molecular complexity index is 556. The van der Waals surface area contributed by atoms with Crippen LogP contribution in [0.25, 0.3) is 0 Å². The molecule has 0 atom stereocenters. The molecule has 4 heteroatoms. The van der Waals surface area contributed by atoms with Crippen molar-refractivity contribution in [1.29, 1.82) is 0 Å². The molecule has 0 bridgehead atoms. The Morgan fingerprint density at radius 1 is 1.22 bits per heavy atom. The summed E-state index contributed by atoms with van der Waals surface area (Å²) in [7, 11) is 1.56. The Morgan fingerprint density at radius 3 is 2.39 bits per heavy atom. The molecular weight excluding hydrogens is 290 g/mol. The summed E-state index contributed by atoms with van der Waals surface area (Å²) in [6.45, 7) is 14.6. The summed E-state index contributed by atoms with van der Waals surface area (Å²) < 4.78 is 10.8. The maximum atomic E-state index is 12.5. The fourth-order valence-corrected chi connectivity index (χ4v) is 2.83. The van der Waals surface area contributed by atoms with Crippen LogP contribution in [0, 0.1) is 5.41 Å². The number of ether oxygens (including phenoxy) is 2. The van der Waals surface area contributed by atoms with E-state index in [1.165, 1.54) is 0 Å². The van der Waals surface area contributed by atoms with Gasteiger partial charge in [-0.3, -0.25) is 4.79 Å². The predicted octanol–water partition coefficient (Wildman–Crippen LogP) is 4.20. The molecule has 0 aliphatic carbocycles. The fraction of sp³-hybridized carbons (Fsp3) is 0.526. The van der Waals surface area contributed by atoms with Crippen LogP contribution in [0.15, 0.2) is 30.9 Å². The van der Waals surface area contributed by atoms with Gasteiger partial charge in [0, 0.05) is 11.1 Å². The molecule has 0 fully saturated rings. The van der Waals surface area contributed by atoms with Crippen molar-refractivity contribution in [3.05, 3.63) is 36.4 Å². The second-order valence-corrected chi connectivity index (χ2v) is 7.54. The zero-order valence-electron chi connectivity index (χ0n) is 15.2. The third kappa shape index (κ3) is 6.35. The van der Waals surface area contributed by atoms with Crippen LogP contribution in [0.3, 0.4) is 0 Å². The summed E-state index contributed by atoms with van der Waals surface area (Å²) in [5.74, 6) is 1.01. The molecule has 0 heterocycles. The predicted molar refractivity (Wildman–Crippen MR) is 94.3 cm³/mol. The maximum Gasteiger partial charge on any atom is 0.251 e. The lowest BCUT2D eigenvalue weighted by Crippen LogP contribution is -2.45. The van der Waals surface area contributed by atoms with E-state index < -0.39 is 0 Å². The minimum absolute atomic E-state index is 0.118. The second-order valence-electron chi connectivity index (χ2n) is 7.54. The smallest absolute Gasteiger partial charge is 0.251 e. The topological polar surface area (TPSA) is 47.6 Å². The number of amides is 1. The first-order valence-corrected chi connectivity index (χ1v) is 7.82. The van der Waals surface area contributed by atoms with Crippen LogP contribution in [0.4, 0.5) is 0 Å². The molecule has 1 aromatic rings. The van der Waals surface area contributed by atoms with Crippen molar-refractivity contribution in [2.75, 3.05) is 13.7 Å². The van der Waals surface area contributed by atoms with Crippen molar-refractivity contribution >= 4 is 5.91 Å². The van der Waals surface area contributed by atoms with Crippen molar-refractivity contribution in [2.45, 2.75) is 46.6 Å². The molecule has 1 amide bonds. The maximum absolute atomic E-state index is 12.5. The number of methoxy groups -OCH3 is 1. The van der Waals surface area contributed by atoms with Crippen LogP contribution >= 0.6 is 0 Å². The van der Waals surface area contributed by atoms with Crippen molar-refractivity contribution < 1.29 is 14.3 Å². The van der Waals surface area contributed by atoms with E-state index in [0.717, 1.165) is 6.42 Å². The van der Waals surface area contributed by atoms with Crippen LogP contribution in [-0.4, -0.2) is 25.2 Å². The molecule has 0 aromatic heterocycles. The highest BCUT2D eigenvalue weighted by Crippen LogP contribution is 2.30. The quantitative estimate of drug-likeness (QED) is 0.766. The molecular formula is C19H29NO3. The minimum atomic E-state index is -0.291. The highest BCUT2D eigenvalue weighted by molar-refractivity contribution is 5.95. The van der Waals surface area contributed by atoms with E-state index in [4.69, 9.17) is 9.47 Å². The van der Waals surface area contributed by atoms with Gasteiger partial charge in [-0.1, -0.05) is 33.4 Å². The van der Waals surface area contributed by atoms with Crippen molar-refractivity contribution in [2.24, 2.45) is 5.41 Å². The van der Waals surface area contributed by atoms with Gasteiger partial charge >= 0.3 is 0 Å². The first-order valence-electron chi connectivity index (χ1n) is 7.82. The Morgan fingerprint density at radius 2 is 1.87 bits per heavy atom. The second kappa shape index (κ2) is 7.53. The largest absolute Gasteiger partial charge is 0.493 e. The molecule has 0 saturated carbocycles. The van der Waals surface area contributed by atoms with E-state index >= 15 is 0 Å². The van der Waals surface area contributed by atoms with Gasteiger partial charge in [-0.15, -0.1) is 0 Å². The third-order valence-electron chi connectivity index (χ3n) is 3.21. The van der Waals surface area contributed by atoms with Gasteiger partial charge in [0.1, 0.15) is 6.61 Å². The van der Waals surface area contributed by atoms with E-state index in [0.29, 0.717) is 23.7 Å². The molecule has 1 aromatic carbocycles. The van der Waals surface area contributed by atoms with Gasteiger partial charge < -0.3 is 14.8 Å². The molecule has 0 saturated heterocycles. The lowest BCUT2D eigenvalue weighted by molar-refractivity contribution is 0.0891. The van der Waals surface area contributed by atoms with Crippen LogP contribution < -0.4 is 14.8 Å². The Balaban J connectivity index is 2.89. The normalized spacial score (nSPS) is 11.7. The Labute approximate surface area is 139 Å². The van der Waals surface area contributed by atoms with Gasteiger partial charge in [0.2, 0.25) is 0 Å². The van der Waals surface area contributed by atoms with Gasteiger partial charge in [-0.2, -0.15) is 0 Å². The first-order chi connectivity index (χ1) is 10.6. The van der Waals surface area contributed by atoms with Crippen LogP contribution in [0.1, 0.15) is 51.4 Å². The minimum Gasteiger partial charge on any atom is -0.493 e. The Kier molecular flexibility index (Phi) is 6.25. The average molecular weight is 319 g/mol. The monoisotopic (exact) mass is 319 g/mol. The molecule has 1 rings (SSSR count). The first kappa shape index (κ1) is 19.1. The molecule has 128 valence electrons. The SMILES string of the molecule is C=CCOc1ccc(C(=O)NC(C)(C)CC(C)(C)C)cc1OC. The van der Waals surface area contributed by atoms with Gasteiger partial charge in [-0.25, -0.2) is 0 Å². The van der Waals surface area contributed by atoms with E-state index in [9.17, 15) is 4.79 Å². The molecule has 1 N–H and O–H groups in total. The summed E-state index contributed by atoms with van der Waals surface area (Å²) in [5.41, 5.74) is 0.395. The number of carbonyl (C=O) groups is 1. The zero-order chi connectivity index (χ0) is 17.7. The van der Waals surface area contributed by atoms with Crippen molar-refractivity contribution in [3.8, 4) is 11.5 Å². The average Bonchev–Trinajstić information content (AvgIpc) is 2.41. The van der Waals surface area contributed by atoms with Gasteiger partial charge in [-0.05, 0) is 43.9 Å². The van der Waals surface area contributed by atoms with Crippen LogP contribution in [0.5, 0.6) is 11.5 Å². The van der Waals surface area contributed by atoms with E-state index in [1.54, 1.807) is 31.4 Å². The number of nitrogens with one attached hydrogen (secondary N) is 1. The molecule has 0 spiro atoms. The fourth-order valence-electron chi connectivity index (χ4n) is 2.83. The van der Waals surface area contributed by atoms with Gasteiger partial charge in [0.25, 0.3) is 5.91 Å². The summed E-state index contributed by atoms with van der Waals surface area (Å²) in [4.78, 5) is 12.5. The Hall–Kier alpha value is -1.97. The van der Waals surface area contributed by atoms with E-state index in [1.807, 2.05) is 13.8 Å². The van der Waals surface area contributed by atoms with Crippen LogP contribution in [0.2, 0.25) is 0 Å². The number of carbonyl (C=O) groups excluding carboxylic acids is 1. The standard InChI is InChI=1S/C19H29NO3/c1-8-11-23-15-10-9-14(12-16(15)22-7)17(21)20-19(5,6)13-18(2,3)4/h8-10,12H,1,11,13H2,2-7H3,(H,20,21). The summed E-state index contributed by atoms with van der Waals surface area (Å²) in [6, 6.07) is 5.18. The number of hydrogen-bond donors (Lipinski definition) is 1. The van der Waals surface area contributed by atoms with Gasteiger partial charge in [0.05, 0.1) is 7.11 Å². The van der Waals surface area contributed by atoms with Crippen molar-refractivity contribution in [3.63, 3.8) is 0 Å². The van der Waals surface area contributed by atoms with E-state index in [-0.39, 0.29) is 16.9 Å². The molecule has 23 heavy (non-hydrogen) atoms. The highest BCUT2D eigenvalue weighted by Gasteiger charge is 2.27. The van der Waals surface area contributed by atoms with Crippen LogP contribution in [-0.2, 0) is 0 Å². The number of benzene rings is 1. The van der Waals surface area contributed by atoms with Gasteiger partial charge in [0.15, 0.2) is 11.5 Å². The molecule has 0 aliphatic heterocycles. The van der Waals surface area contributed by atoms with Crippen molar-refractivity contribution in [1.82, 2.24) is 5.32 Å². The number of rotatable bonds is 7. The molecule has 4 nitrogen and oxygen atoms in total. The lowest BCUT2D eigenvalue weighted by atomic mass is 9.81. The lowest BCUT2D eigenvalue weighted by Gasteiger charge is -2.33. The molecule has 0 unspecified atom stereocenters. The third-order valence-corrected chi connectivity index (χ3v) is 3.21. The summed E-state index contributed by atoms with van der Waals surface area (Å²) in [5, 5.41) is 3.09. The van der Waals surface area contributed by atoms with E-state index in [2.05, 4.69) is 32.7 Å². The summed E-state index contributed by atoms with van der Waals surface area (Å²) >= 11 is 0. The summed E-state index contributed by atoms with van der Waals surface area (Å²) in [6.07, 6.45) is 2.54. The molecule has 0 aliphatic rings. The zero-order valence-corrected chi connectivity index (χ0v) is 15.2. The molecule has 0 radical (unpaired) electrons.